The van der Waals surface area contributed by atoms with Crippen molar-refractivity contribution in [3.8, 4) is 0 Å². The molecule has 1 spiro atoms. The molecule has 0 saturated heterocycles. The maximum Gasteiger partial charge on any atom is 0.291 e. The molecule has 1 atom stereocenters. The van der Waals surface area contributed by atoms with Crippen molar-refractivity contribution in [3.05, 3.63) is 75.6 Å². The van der Waals surface area contributed by atoms with Crippen molar-refractivity contribution in [3.63, 3.8) is 0 Å². The molecule has 2 aliphatic rings. The fraction of sp³-hybridized carbons (Fsp3) is 0.320. The Labute approximate surface area is 180 Å². The van der Waals surface area contributed by atoms with Crippen molar-refractivity contribution in [2.75, 3.05) is 18.0 Å². The van der Waals surface area contributed by atoms with Gasteiger partial charge in [-0.25, -0.2) is 0 Å². The first kappa shape index (κ1) is 19.5. The van der Waals surface area contributed by atoms with Crippen LogP contribution in [-0.2, 0) is 10.3 Å². The molecule has 0 N–H and O–H groups in total. The average molecular weight is 416 g/mol. The lowest BCUT2D eigenvalue weighted by Gasteiger charge is -2.34. The lowest BCUT2D eigenvalue weighted by molar-refractivity contribution is -0.126. The van der Waals surface area contributed by atoms with E-state index in [1.165, 1.54) is 0 Å². The van der Waals surface area contributed by atoms with E-state index in [1.54, 1.807) is 34.1 Å². The Morgan fingerprint density at radius 2 is 1.65 bits per heavy atom. The van der Waals surface area contributed by atoms with Gasteiger partial charge in [0.25, 0.3) is 11.8 Å². The molecule has 5 rings (SSSR count). The van der Waals surface area contributed by atoms with E-state index in [0.29, 0.717) is 29.6 Å². The topological polar surface area (TPSA) is 70.8 Å². The highest BCUT2D eigenvalue weighted by molar-refractivity contribution is 6.17. The van der Waals surface area contributed by atoms with E-state index in [0.717, 1.165) is 24.9 Å². The van der Waals surface area contributed by atoms with Gasteiger partial charge in [-0.15, -0.1) is 0 Å². The van der Waals surface area contributed by atoms with Gasteiger partial charge in [-0.2, -0.15) is 0 Å². The Morgan fingerprint density at radius 1 is 0.903 bits per heavy atom. The summed E-state index contributed by atoms with van der Waals surface area (Å²) in [7, 11) is 0. The van der Waals surface area contributed by atoms with Crippen LogP contribution < -0.4 is 10.3 Å². The number of benzene rings is 2. The van der Waals surface area contributed by atoms with E-state index in [2.05, 4.69) is 0 Å². The molecule has 0 fully saturated rings. The van der Waals surface area contributed by atoms with Crippen LogP contribution in [0, 0.1) is 0 Å². The SMILES string of the molecule is CCCCN1C(=O)c2oc3ccccc3c(=O)c2[C@]12C(=O)N(CCC)c1ccccc12. The summed E-state index contributed by atoms with van der Waals surface area (Å²) in [6, 6.07) is 14.4. The molecule has 0 unspecified atom stereocenters. The molecule has 158 valence electrons. The summed E-state index contributed by atoms with van der Waals surface area (Å²) in [5.74, 6) is -0.657. The van der Waals surface area contributed by atoms with Crippen molar-refractivity contribution < 1.29 is 14.0 Å². The summed E-state index contributed by atoms with van der Waals surface area (Å²) in [6.07, 6.45) is 2.34. The van der Waals surface area contributed by atoms with Crippen molar-refractivity contribution in [1.29, 1.82) is 0 Å². The van der Waals surface area contributed by atoms with Gasteiger partial charge >= 0.3 is 0 Å². The van der Waals surface area contributed by atoms with Gasteiger partial charge in [-0.3, -0.25) is 14.4 Å². The number of para-hydroxylation sites is 2. The van der Waals surface area contributed by atoms with Crippen LogP contribution in [0.15, 0.2) is 57.7 Å². The molecule has 2 aromatic carbocycles. The smallest absolute Gasteiger partial charge is 0.291 e. The molecular formula is C25H24N2O4. The highest BCUT2D eigenvalue weighted by Gasteiger charge is 2.64. The van der Waals surface area contributed by atoms with Gasteiger partial charge in [0.2, 0.25) is 5.76 Å². The summed E-state index contributed by atoms with van der Waals surface area (Å²) in [5.41, 5.74) is 0.159. The van der Waals surface area contributed by atoms with Gasteiger partial charge < -0.3 is 14.2 Å². The summed E-state index contributed by atoms with van der Waals surface area (Å²) in [5, 5.41) is 0.380. The number of carbonyl (C=O) groups is 2. The molecule has 3 heterocycles. The third kappa shape index (κ3) is 2.42. The first-order chi connectivity index (χ1) is 15.1. The van der Waals surface area contributed by atoms with Crippen LogP contribution in [0.3, 0.4) is 0 Å². The first-order valence-corrected chi connectivity index (χ1v) is 10.9. The van der Waals surface area contributed by atoms with Gasteiger partial charge in [0, 0.05) is 18.7 Å². The second kappa shape index (κ2) is 7.08. The highest BCUT2D eigenvalue weighted by Crippen LogP contribution is 2.52. The minimum Gasteiger partial charge on any atom is -0.450 e. The summed E-state index contributed by atoms with van der Waals surface area (Å²) >= 11 is 0. The van der Waals surface area contributed by atoms with Crippen molar-refractivity contribution in [2.45, 2.75) is 38.6 Å². The number of hydrogen-bond donors (Lipinski definition) is 0. The molecule has 0 radical (unpaired) electrons. The van der Waals surface area contributed by atoms with Gasteiger partial charge in [-0.1, -0.05) is 50.6 Å². The normalized spacial score (nSPS) is 19.5. The van der Waals surface area contributed by atoms with Gasteiger partial charge in [0.05, 0.1) is 16.6 Å². The third-order valence-corrected chi connectivity index (χ3v) is 6.33. The summed E-state index contributed by atoms with van der Waals surface area (Å²) in [4.78, 5) is 44.7. The fourth-order valence-electron chi connectivity index (χ4n) is 5.00. The number of rotatable bonds is 5. The van der Waals surface area contributed by atoms with Crippen molar-refractivity contribution >= 4 is 28.5 Å². The quantitative estimate of drug-likeness (QED) is 0.629. The Bertz CT molecular complexity index is 1280. The molecule has 6 heteroatoms. The molecule has 0 saturated carbocycles. The van der Waals surface area contributed by atoms with Crippen LogP contribution in [-0.4, -0.2) is 29.8 Å². The number of fused-ring (bicyclic) bond motifs is 5. The molecule has 6 nitrogen and oxygen atoms in total. The zero-order valence-corrected chi connectivity index (χ0v) is 17.7. The number of nitrogens with zero attached hydrogens (tertiary/aromatic N) is 2. The van der Waals surface area contributed by atoms with Crippen LogP contribution in [0.25, 0.3) is 11.0 Å². The molecule has 0 aliphatic carbocycles. The predicted octanol–water partition coefficient (Wildman–Crippen LogP) is 4.05. The van der Waals surface area contributed by atoms with E-state index in [4.69, 9.17) is 4.42 Å². The monoisotopic (exact) mass is 416 g/mol. The highest BCUT2D eigenvalue weighted by atomic mass is 16.3. The van der Waals surface area contributed by atoms with Crippen LogP contribution in [0.1, 0.15) is 54.8 Å². The Hall–Kier alpha value is -3.41. The van der Waals surface area contributed by atoms with Crippen LogP contribution in [0.5, 0.6) is 0 Å². The second-order valence-corrected chi connectivity index (χ2v) is 8.13. The zero-order valence-electron chi connectivity index (χ0n) is 17.7. The van der Waals surface area contributed by atoms with Crippen molar-refractivity contribution in [1.82, 2.24) is 4.90 Å². The number of hydrogen-bond acceptors (Lipinski definition) is 4. The van der Waals surface area contributed by atoms with Crippen molar-refractivity contribution in [2.24, 2.45) is 0 Å². The predicted molar refractivity (Wildman–Crippen MR) is 118 cm³/mol. The molecule has 3 aromatic rings. The third-order valence-electron chi connectivity index (χ3n) is 6.33. The maximum atomic E-state index is 14.1. The minimum atomic E-state index is -1.47. The van der Waals surface area contributed by atoms with E-state index in [1.807, 2.05) is 38.1 Å². The summed E-state index contributed by atoms with van der Waals surface area (Å²) < 4.78 is 5.99. The molecular weight excluding hydrogens is 392 g/mol. The molecule has 1 aromatic heterocycles. The number of anilines is 1. The van der Waals surface area contributed by atoms with Crippen LogP contribution in [0.2, 0.25) is 0 Å². The summed E-state index contributed by atoms with van der Waals surface area (Å²) in [6.45, 7) is 4.92. The molecule has 2 aliphatic heterocycles. The lowest BCUT2D eigenvalue weighted by atomic mass is 9.84. The Balaban J connectivity index is 1.89. The Kier molecular flexibility index (Phi) is 4.46. The standard InChI is InChI=1S/C25H24N2O4/c1-3-5-15-27-23(29)22-20(21(28)16-10-6-9-13-19(16)31-22)25(27)17-11-7-8-12-18(17)26(14-4-2)24(25)30/h6-13H,3-5,14-15H2,1-2H3/t25-/m1/s1. The van der Waals surface area contributed by atoms with Gasteiger partial charge in [0.1, 0.15) is 5.58 Å². The Morgan fingerprint density at radius 3 is 2.42 bits per heavy atom. The first-order valence-electron chi connectivity index (χ1n) is 10.9. The van der Waals surface area contributed by atoms with E-state index in [-0.39, 0.29) is 22.7 Å². The van der Waals surface area contributed by atoms with Gasteiger partial charge in [0.15, 0.2) is 11.0 Å². The lowest BCUT2D eigenvalue weighted by Crippen LogP contribution is -2.53. The maximum absolute atomic E-state index is 14.1. The van der Waals surface area contributed by atoms with Crippen LogP contribution in [0.4, 0.5) is 5.69 Å². The second-order valence-electron chi connectivity index (χ2n) is 8.13. The largest absolute Gasteiger partial charge is 0.450 e. The molecule has 31 heavy (non-hydrogen) atoms. The number of unbranched alkanes of at least 4 members (excludes halogenated alkanes) is 1. The van der Waals surface area contributed by atoms with Crippen LogP contribution >= 0.6 is 0 Å². The van der Waals surface area contributed by atoms with E-state index >= 15 is 0 Å². The van der Waals surface area contributed by atoms with E-state index in [9.17, 15) is 14.4 Å². The number of carbonyl (C=O) groups excluding carboxylic acids is 2. The average Bonchev–Trinajstić information content (AvgIpc) is 3.18. The zero-order chi connectivity index (χ0) is 21.8. The minimum absolute atomic E-state index is 0.0127. The fourth-order valence-corrected chi connectivity index (χ4v) is 5.00. The number of amides is 2. The molecule has 2 amide bonds. The molecule has 0 bridgehead atoms. The van der Waals surface area contributed by atoms with Gasteiger partial charge in [-0.05, 0) is 31.0 Å². The van der Waals surface area contributed by atoms with E-state index < -0.39 is 11.4 Å².